The topological polar surface area (TPSA) is 49.3 Å². The van der Waals surface area contributed by atoms with Crippen molar-refractivity contribution in [1.82, 2.24) is 5.32 Å². The molecule has 0 bridgehead atoms. The molecule has 1 amide bonds. The van der Waals surface area contributed by atoms with Gasteiger partial charge in [-0.25, -0.2) is 0 Å². The summed E-state index contributed by atoms with van der Waals surface area (Å²) in [5.74, 6) is -0.0690. The number of hydrogen-bond donors (Lipinski definition) is 2. The fourth-order valence-corrected chi connectivity index (χ4v) is 1.63. The molecule has 2 N–H and O–H groups in total. The van der Waals surface area contributed by atoms with Gasteiger partial charge in [-0.1, -0.05) is 29.8 Å². The lowest BCUT2D eigenvalue weighted by atomic mass is 10.1. The Morgan fingerprint density at radius 1 is 1.33 bits per heavy atom. The second-order valence-corrected chi connectivity index (χ2v) is 4.32. The van der Waals surface area contributed by atoms with Gasteiger partial charge in [-0.05, 0) is 37.8 Å². The molecule has 0 saturated heterocycles. The van der Waals surface area contributed by atoms with Gasteiger partial charge in [0.15, 0.2) is 0 Å². The maximum absolute atomic E-state index is 11.5. The van der Waals surface area contributed by atoms with E-state index in [1.165, 1.54) is 5.56 Å². The highest BCUT2D eigenvalue weighted by Crippen LogP contribution is 2.05. The van der Waals surface area contributed by atoms with Crippen molar-refractivity contribution in [2.24, 2.45) is 0 Å². The summed E-state index contributed by atoms with van der Waals surface area (Å²) in [7, 11) is 0. The minimum atomic E-state index is -0.0690. The van der Waals surface area contributed by atoms with E-state index in [2.05, 4.69) is 5.32 Å². The Bertz CT molecular complexity index is 399. The summed E-state index contributed by atoms with van der Waals surface area (Å²) in [6.07, 6.45) is 6.02. The van der Waals surface area contributed by atoms with Gasteiger partial charge >= 0.3 is 0 Å². The number of aliphatic hydroxyl groups is 1. The second kappa shape index (κ2) is 8.48. The van der Waals surface area contributed by atoms with E-state index in [0.29, 0.717) is 6.54 Å². The Hall–Kier alpha value is -1.61. The van der Waals surface area contributed by atoms with Crippen LogP contribution in [0.25, 0.3) is 6.08 Å². The monoisotopic (exact) mass is 247 g/mol. The van der Waals surface area contributed by atoms with Gasteiger partial charge in [0, 0.05) is 19.2 Å². The van der Waals surface area contributed by atoms with Crippen molar-refractivity contribution >= 4 is 12.0 Å². The van der Waals surface area contributed by atoms with Crippen LogP contribution in [0.15, 0.2) is 30.3 Å². The van der Waals surface area contributed by atoms with E-state index in [9.17, 15) is 4.79 Å². The Morgan fingerprint density at radius 2 is 2.17 bits per heavy atom. The molecule has 0 heterocycles. The third-order valence-electron chi connectivity index (χ3n) is 2.60. The van der Waals surface area contributed by atoms with E-state index in [1.807, 2.05) is 37.3 Å². The van der Waals surface area contributed by atoms with Gasteiger partial charge in [-0.3, -0.25) is 4.79 Å². The molecule has 0 atom stereocenters. The lowest BCUT2D eigenvalue weighted by Crippen LogP contribution is -2.22. The third kappa shape index (κ3) is 6.21. The Balaban J connectivity index is 2.27. The molecule has 0 radical (unpaired) electrons. The van der Waals surface area contributed by atoms with Crippen molar-refractivity contribution < 1.29 is 9.90 Å². The molecule has 0 saturated carbocycles. The number of amides is 1. The molecule has 18 heavy (non-hydrogen) atoms. The summed E-state index contributed by atoms with van der Waals surface area (Å²) >= 11 is 0. The average Bonchev–Trinajstić information content (AvgIpc) is 2.36. The van der Waals surface area contributed by atoms with Crippen LogP contribution in [0, 0.1) is 6.92 Å². The largest absolute Gasteiger partial charge is 0.396 e. The smallest absolute Gasteiger partial charge is 0.243 e. The summed E-state index contributed by atoms with van der Waals surface area (Å²) in [6.45, 7) is 2.91. The van der Waals surface area contributed by atoms with E-state index >= 15 is 0 Å². The van der Waals surface area contributed by atoms with Crippen LogP contribution in [-0.4, -0.2) is 24.2 Å². The molecule has 0 aliphatic carbocycles. The van der Waals surface area contributed by atoms with Crippen LogP contribution in [-0.2, 0) is 4.79 Å². The molecule has 0 unspecified atom stereocenters. The average molecular weight is 247 g/mol. The van der Waals surface area contributed by atoms with Gasteiger partial charge < -0.3 is 10.4 Å². The third-order valence-corrected chi connectivity index (χ3v) is 2.60. The maximum atomic E-state index is 11.5. The standard InChI is InChI=1S/C15H21NO2/c1-13-6-5-7-14(12-13)8-9-15(18)16-10-3-2-4-11-17/h5-9,12,17H,2-4,10-11H2,1H3,(H,16,18)/b9-8+. The van der Waals surface area contributed by atoms with Crippen molar-refractivity contribution in [3.8, 4) is 0 Å². The van der Waals surface area contributed by atoms with Crippen LogP contribution in [0.2, 0.25) is 0 Å². The van der Waals surface area contributed by atoms with Crippen LogP contribution >= 0.6 is 0 Å². The molecule has 1 aromatic carbocycles. The molecule has 0 aromatic heterocycles. The van der Waals surface area contributed by atoms with Gasteiger partial charge in [0.25, 0.3) is 0 Å². The van der Waals surface area contributed by atoms with Gasteiger partial charge in [-0.15, -0.1) is 0 Å². The van der Waals surface area contributed by atoms with Gasteiger partial charge in [0.1, 0.15) is 0 Å². The molecule has 0 spiro atoms. The molecular weight excluding hydrogens is 226 g/mol. The molecule has 98 valence electrons. The minimum absolute atomic E-state index is 0.0690. The van der Waals surface area contributed by atoms with Crippen molar-refractivity contribution in [1.29, 1.82) is 0 Å². The molecule has 0 fully saturated rings. The van der Waals surface area contributed by atoms with E-state index in [4.69, 9.17) is 5.11 Å². The Morgan fingerprint density at radius 3 is 2.89 bits per heavy atom. The predicted molar refractivity (Wildman–Crippen MR) is 74.2 cm³/mol. The molecule has 3 heteroatoms. The van der Waals surface area contributed by atoms with E-state index < -0.39 is 0 Å². The first-order valence-corrected chi connectivity index (χ1v) is 6.36. The number of aliphatic hydroxyl groups excluding tert-OH is 1. The van der Waals surface area contributed by atoms with Crippen molar-refractivity contribution in [2.45, 2.75) is 26.2 Å². The second-order valence-electron chi connectivity index (χ2n) is 4.32. The number of hydrogen-bond acceptors (Lipinski definition) is 2. The minimum Gasteiger partial charge on any atom is -0.396 e. The van der Waals surface area contributed by atoms with Gasteiger partial charge in [0.2, 0.25) is 5.91 Å². The Labute approximate surface area is 109 Å². The number of carbonyl (C=O) groups excluding carboxylic acids is 1. The Kier molecular flexibility index (Phi) is 6.81. The van der Waals surface area contributed by atoms with Gasteiger partial charge in [0.05, 0.1) is 0 Å². The van der Waals surface area contributed by atoms with Crippen LogP contribution in [0.1, 0.15) is 30.4 Å². The molecule has 0 aliphatic heterocycles. The molecule has 0 aliphatic rings. The van der Waals surface area contributed by atoms with Crippen molar-refractivity contribution in [2.75, 3.05) is 13.2 Å². The number of unbranched alkanes of at least 4 members (excludes halogenated alkanes) is 2. The highest BCUT2D eigenvalue weighted by atomic mass is 16.2. The zero-order valence-corrected chi connectivity index (χ0v) is 10.9. The maximum Gasteiger partial charge on any atom is 0.243 e. The number of rotatable bonds is 7. The van der Waals surface area contributed by atoms with Crippen molar-refractivity contribution in [3.63, 3.8) is 0 Å². The SMILES string of the molecule is Cc1cccc(/C=C/C(=O)NCCCCCO)c1. The predicted octanol–water partition coefficient (Wildman–Crippen LogP) is 2.29. The summed E-state index contributed by atoms with van der Waals surface area (Å²) in [4.78, 5) is 11.5. The van der Waals surface area contributed by atoms with Crippen LogP contribution in [0.3, 0.4) is 0 Å². The van der Waals surface area contributed by atoms with Crippen LogP contribution in [0.5, 0.6) is 0 Å². The van der Waals surface area contributed by atoms with Crippen LogP contribution < -0.4 is 5.32 Å². The molecule has 1 rings (SSSR count). The number of carbonyl (C=O) groups is 1. The van der Waals surface area contributed by atoms with E-state index in [-0.39, 0.29) is 12.5 Å². The number of aryl methyl sites for hydroxylation is 1. The normalized spacial score (nSPS) is 10.8. The highest BCUT2D eigenvalue weighted by molar-refractivity contribution is 5.91. The quantitative estimate of drug-likeness (QED) is 0.573. The summed E-state index contributed by atoms with van der Waals surface area (Å²) in [6, 6.07) is 8.00. The molecule has 3 nitrogen and oxygen atoms in total. The van der Waals surface area contributed by atoms with Gasteiger partial charge in [-0.2, -0.15) is 0 Å². The summed E-state index contributed by atoms with van der Waals surface area (Å²) < 4.78 is 0. The molecular formula is C15H21NO2. The number of benzene rings is 1. The zero-order valence-electron chi connectivity index (χ0n) is 10.9. The van der Waals surface area contributed by atoms with Crippen LogP contribution in [0.4, 0.5) is 0 Å². The molecule has 1 aromatic rings. The van der Waals surface area contributed by atoms with Crippen molar-refractivity contribution in [3.05, 3.63) is 41.5 Å². The highest BCUT2D eigenvalue weighted by Gasteiger charge is 1.95. The summed E-state index contributed by atoms with van der Waals surface area (Å²) in [5, 5.41) is 11.4. The summed E-state index contributed by atoms with van der Waals surface area (Å²) in [5.41, 5.74) is 2.21. The van der Waals surface area contributed by atoms with E-state index in [1.54, 1.807) is 6.08 Å². The fraction of sp³-hybridized carbons (Fsp3) is 0.400. The first-order valence-electron chi connectivity index (χ1n) is 6.36. The lowest BCUT2D eigenvalue weighted by Gasteiger charge is -2.01. The number of nitrogens with one attached hydrogen (secondary N) is 1. The zero-order chi connectivity index (χ0) is 13.2. The lowest BCUT2D eigenvalue weighted by molar-refractivity contribution is -0.116. The first kappa shape index (κ1) is 14.5. The van der Waals surface area contributed by atoms with E-state index in [0.717, 1.165) is 24.8 Å². The fourth-order valence-electron chi connectivity index (χ4n) is 1.63. The first-order chi connectivity index (χ1) is 8.72.